The highest BCUT2D eigenvalue weighted by Gasteiger charge is 2.50. The lowest BCUT2D eigenvalue weighted by Crippen LogP contribution is -2.66. The summed E-state index contributed by atoms with van der Waals surface area (Å²) in [5, 5.41) is 2.53. The van der Waals surface area contributed by atoms with Gasteiger partial charge in [0, 0.05) is 7.11 Å². The van der Waals surface area contributed by atoms with Gasteiger partial charge in [-0.3, -0.25) is 0 Å². The Hall–Kier alpha value is -3.02. The number of rotatable bonds is 10. The third-order valence-corrected chi connectivity index (χ3v) is 11.6. The fraction of sp³-hybridized carbons (Fsp3) is 0.250. The molecule has 0 aromatic heterocycles. The van der Waals surface area contributed by atoms with Crippen molar-refractivity contribution in [1.29, 1.82) is 0 Å². The first-order chi connectivity index (χ1) is 17.5. The van der Waals surface area contributed by atoms with E-state index in [0.717, 1.165) is 16.7 Å². The first-order valence-corrected chi connectivity index (χ1v) is 14.4. The van der Waals surface area contributed by atoms with Gasteiger partial charge in [-0.05, 0) is 32.1 Å². The van der Waals surface area contributed by atoms with Crippen LogP contribution >= 0.6 is 0 Å². The minimum Gasteiger partial charge on any atom is -0.403 e. The summed E-state index contributed by atoms with van der Waals surface area (Å²) in [5.74, 6) is 0. The first-order valence-electron chi connectivity index (χ1n) is 12.4. The van der Waals surface area contributed by atoms with Crippen LogP contribution in [-0.2, 0) is 20.5 Å². The average Bonchev–Trinajstić information content (AvgIpc) is 2.91. The molecule has 1 atom stereocenters. The van der Waals surface area contributed by atoms with Gasteiger partial charge in [-0.1, -0.05) is 136 Å². The molecule has 0 heterocycles. The van der Waals surface area contributed by atoms with Gasteiger partial charge in [0.2, 0.25) is 0 Å². The molecular formula is C32H36O3Si. The molecular weight excluding hydrogens is 460 g/mol. The molecule has 4 heteroatoms. The molecule has 1 unspecified atom stereocenters. The fourth-order valence-corrected chi connectivity index (χ4v) is 9.43. The standard InChI is InChI=1S/C32H36O3Si/c1-32(2,3)36(29-16-10-6-11-17-29,30-18-12-7-13-19-30)35-24-26-20-22-28(23-21-26)31(34-25-33-4)27-14-8-5-9-15-27/h5-23,31H,24-25H2,1-4H3. The van der Waals surface area contributed by atoms with E-state index >= 15 is 0 Å². The van der Waals surface area contributed by atoms with Crippen LogP contribution < -0.4 is 10.4 Å². The zero-order chi connectivity index (χ0) is 25.4. The predicted molar refractivity (Wildman–Crippen MR) is 150 cm³/mol. The van der Waals surface area contributed by atoms with E-state index in [1.54, 1.807) is 7.11 Å². The van der Waals surface area contributed by atoms with Crippen LogP contribution in [0.5, 0.6) is 0 Å². The van der Waals surface area contributed by atoms with E-state index in [4.69, 9.17) is 13.9 Å². The largest absolute Gasteiger partial charge is 0.403 e. The molecule has 0 saturated carbocycles. The van der Waals surface area contributed by atoms with Crippen molar-refractivity contribution in [1.82, 2.24) is 0 Å². The Labute approximate surface area is 216 Å². The summed E-state index contributed by atoms with van der Waals surface area (Å²) in [4.78, 5) is 0. The van der Waals surface area contributed by atoms with Gasteiger partial charge in [0.15, 0.2) is 0 Å². The molecule has 4 rings (SSSR count). The summed E-state index contributed by atoms with van der Waals surface area (Å²) in [5.41, 5.74) is 3.34. The van der Waals surface area contributed by atoms with Gasteiger partial charge in [0.25, 0.3) is 8.32 Å². The molecule has 0 radical (unpaired) electrons. The Bertz CT molecular complexity index is 1150. The molecule has 4 aromatic rings. The van der Waals surface area contributed by atoms with Gasteiger partial charge in [-0.2, -0.15) is 0 Å². The second-order valence-electron chi connectivity index (χ2n) is 10.1. The fourth-order valence-electron chi connectivity index (χ4n) is 4.89. The van der Waals surface area contributed by atoms with E-state index in [-0.39, 0.29) is 17.9 Å². The highest BCUT2D eigenvalue weighted by atomic mass is 28.4. The molecule has 0 aliphatic rings. The number of methoxy groups -OCH3 is 1. The molecule has 36 heavy (non-hydrogen) atoms. The second-order valence-corrected chi connectivity index (χ2v) is 14.4. The minimum absolute atomic E-state index is 0.0535. The SMILES string of the molecule is COCOC(c1ccccc1)c1ccc(CO[Si](c2ccccc2)(c2ccccc2)C(C)(C)C)cc1. The normalized spacial score (nSPS) is 12.9. The highest BCUT2D eigenvalue weighted by Crippen LogP contribution is 2.37. The van der Waals surface area contributed by atoms with Gasteiger partial charge in [0.1, 0.15) is 12.9 Å². The van der Waals surface area contributed by atoms with Crippen LogP contribution in [0.25, 0.3) is 0 Å². The lowest BCUT2D eigenvalue weighted by molar-refractivity contribution is -0.0591. The molecule has 0 aliphatic carbocycles. The third-order valence-electron chi connectivity index (χ3n) is 6.61. The van der Waals surface area contributed by atoms with E-state index in [9.17, 15) is 0 Å². The molecule has 0 aliphatic heterocycles. The topological polar surface area (TPSA) is 27.7 Å². The van der Waals surface area contributed by atoms with Gasteiger partial charge in [-0.15, -0.1) is 0 Å². The summed E-state index contributed by atoms with van der Waals surface area (Å²) >= 11 is 0. The van der Waals surface area contributed by atoms with Crippen molar-refractivity contribution in [2.75, 3.05) is 13.9 Å². The van der Waals surface area contributed by atoms with Crippen molar-refractivity contribution >= 4 is 18.7 Å². The van der Waals surface area contributed by atoms with Gasteiger partial charge in [-0.25, -0.2) is 0 Å². The van der Waals surface area contributed by atoms with Crippen LogP contribution in [0, 0.1) is 0 Å². The Morgan fingerprint density at radius 3 is 1.58 bits per heavy atom. The molecule has 4 aromatic carbocycles. The number of benzene rings is 4. The number of hydrogen-bond acceptors (Lipinski definition) is 3. The van der Waals surface area contributed by atoms with E-state index < -0.39 is 8.32 Å². The van der Waals surface area contributed by atoms with Crippen molar-refractivity contribution in [2.24, 2.45) is 0 Å². The van der Waals surface area contributed by atoms with E-state index in [1.165, 1.54) is 10.4 Å². The minimum atomic E-state index is -2.58. The van der Waals surface area contributed by atoms with Crippen LogP contribution in [-0.4, -0.2) is 22.2 Å². The van der Waals surface area contributed by atoms with Crippen LogP contribution in [0.4, 0.5) is 0 Å². The maximum Gasteiger partial charge on any atom is 0.261 e. The summed E-state index contributed by atoms with van der Waals surface area (Å²) in [6.07, 6.45) is -0.183. The zero-order valence-electron chi connectivity index (χ0n) is 21.7. The number of ether oxygens (including phenoxy) is 2. The molecule has 186 valence electrons. The Kier molecular flexibility index (Phi) is 8.54. The van der Waals surface area contributed by atoms with Crippen molar-refractivity contribution in [3.63, 3.8) is 0 Å². The predicted octanol–water partition coefficient (Wildman–Crippen LogP) is 6.47. The smallest absolute Gasteiger partial charge is 0.261 e. The summed E-state index contributed by atoms with van der Waals surface area (Å²) in [7, 11) is -0.933. The summed E-state index contributed by atoms with van der Waals surface area (Å²) < 4.78 is 18.3. The van der Waals surface area contributed by atoms with Crippen LogP contribution in [0.1, 0.15) is 43.6 Å². The van der Waals surface area contributed by atoms with Gasteiger partial charge >= 0.3 is 0 Å². The molecule has 3 nitrogen and oxygen atoms in total. The lowest BCUT2D eigenvalue weighted by atomic mass is 10.0. The average molecular weight is 497 g/mol. The van der Waals surface area contributed by atoms with Crippen molar-refractivity contribution < 1.29 is 13.9 Å². The maximum atomic E-state index is 7.09. The monoisotopic (exact) mass is 496 g/mol. The van der Waals surface area contributed by atoms with Crippen molar-refractivity contribution in [3.05, 3.63) is 132 Å². The number of hydrogen-bond donors (Lipinski definition) is 0. The van der Waals surface area contributed by atoms with Gasteiger partial charge < -0.3 is 13.9 Å². The third kappa shape index (κ3) is 5.68. The Morgan fingerprint density at radius 1 is 0.639 bits per heavy atom. The molecule has 0 bridgehead atoms. The van der Waals surface area contributed by atoms with Crippen molar-refractivity contribution in [2.45, 2.75) is 38.5 Å². The van der Waals surface area contributed by atoms with Crippen LogP contribution in [0.3, 0.4) is 0 Å². The lowest BCUT2D eigenvalue weighted by Gasteiger charge is -2.43. The van der Waals surface area contributed by atoms with Crippen LogP contribution in [0.15, 0.2) is 115 Å². The van der Waals surface area contributed by atoms with E-state index in [2.05, 4.69) is 118 Å². The summed E-state index contributed by atoms with van der Waals surface area (Å²) in [6.45, 7) is 7.69. The summed E-state index contributed by atoms with van der Waals surface area (Å²) in [6, 6.07) is 40.4. The molecule has 0 N–H and O–H groups in total. The molecule has 0 fully saturated rings. The Balaban J connectivity index is 1.64. The molecule has 0 saturated heterocycles. The first kappa shape index (κ1) is 26.1. The maximum absolute atomic E-state index is 7.09. The highest BCUT2D eigenvalue weighted by molar-refractivity contribution is 6.99. The van der Waals surface area contributed by atoms with Crippen molar-refractivity contribution in [3.8, 4) is 0 Å². The Morgan fingerprint density at radius 2 is 1.11 bits per heavy atom. The van der Waals surface area contributed by atoms with E-state index in [0.29, 0.717) is 6.61 Å². The quantitative estimate of drug-likeness (QED) is 0.186. The second kappa shape index (κ2) is 11.8. The molecule has 0 amide bonds. The van der Waals surface area contributed by atoms with Crippen LogP contribution in [0.2, 0.25) is 5.04 Å². The van der Waals surface area contributed by atoms with Gasteiger partial charge in [0.05, 0.1) is 6.61 Å². The van der Waals surface area contributed by atoms with E-state index in [1.807, 2.05) is 18.2 Å². The molecule has 0 spiro atoms. The zero-order valence-corrected chi connectivity index (χ0v) is 22.7.